The maximum atomic E-state index is 6.23. The largest absolute Gasteiger partial charge is 0.377 e. The van der Waals surface area contributed by atoms with Crippen LogP contribution in [0.3, 0.4) is 0 Å². The summed E-state index contributed by atoms with van der Waals surface area (Å²) in [5, 5.41) is 0.752. The summed E-state index contributed by atoms with van der Waals surface area (Å²) in [7, 11) is 1.69. The average molecular weight is 242 g/mol. The fourth-order valence-electron chi connectivity index (χ4n) is 1.65. The molecule has 1 rings (SSSR count). The number of halogens is 1. The normalized spacial score (nSPS) is 16.9. The van der Waals surface area contributed by atoms with Gasteiger partial charge in [-0.15, -0.1) is 0 Å². The van der Waals surface area contributed by atoms with Crippen molar-refractivity contribution in [2.75, 3.05) is 7.11 Å². The summed E-state index contributed by atoms with van der Waals surface area (Å²) in [4.78, 5) is 0. The number of rotatable bonds is 4. The van der Waals surface area contributed by atoms with E-state index in [0.717, 1.165) is 22.6 Å². The Kier molecular flexibility index (Phi) is 4.36. The molecule has 0 fully saturated rings. The van der Waals surface area contributed by atoms with Crippen LogP contribution in [0.15, 0.2) is 18.2 Å². The molecule has 3 heteroatoms. The lowest BCUT2D eigenvalue weighted by Crippen LogP contribution is -2.39. The summed E-state index contributed by atoms with van der Waals surface area (Å²) in [6.45, 7) is 6.07. The zero-order valence-corrected chi connectivity index (χ0v) is 11.1. The molecule has 0 radical (unpaired) electrons. The molecule has 2 atom stereocenters. The minimum absolute atomic E-state index is 0.166. The Hall–Kier alpha value is -0.570. The second-order valence-corrected chi connectivity index (χ2v) is 4.76. The lowest BCUT2D eigenvalue weighted by atomic mass is 9.88. The summed E-state index contributed by atoms with van der Waals surface area (Å²) >= 11 is 6.10. The first-order valence-electron chi connectivity index (χ1n) is 5.51. The third-order valence-electron chi connectivity index (χ3n) is 3.38. The zero-order valence-electron chi connectivity index (χ0n) is 10.4. The molecule has 0 aliphatic heterocycles. The molecule has 16 heavy (non-hydrogen) atoms. The van der Waals surface area contributed by atoms with Crippen molar-refractivity contribution in [3.63, 3.8) is 0 Å². The predicted octanol–water partition coefficient (Wildman–Crippen LogP) is 3.46. The van der Waals surface area contributed by atoms with Crippen LogP contribution >= 0.6 is 11.6 Å². The Morgan fingerprint density at radius 1 is 1.50 bits per heavy atom. The Labute approximate surface area is 103 Å². The van der Waals surface area contributed by atoms with Crippen LogP contribution in [0.4, 0.5) is 0 Å². The van der Waals surface area contributed by atoms with Crippen molar-refractivity contribution < 1.29 is 4.74 Å². The van der Waals surface area contributed by atoms with Crippen LogP contribution in [0.5, 0.6) is 0 Å². The van der Waals surface area contributed by atoms with Gasteiger partial charge in [-0.2, -0.15) is 0 Å². The van der Waals surface area contributed by atoms with E-state index in [9.17, 15) is 0 Å². The standard InChI is InChI=1S/C13H20ClNO/c1-5-13(3,16-4)12(15)10-7-6-9(2)11(14)8-10/h6-8,12H,5,15H2,1-4H3. The van der Waals surface area contributed by atoms with E-state index >= 15 is 0 Å². The minimum Gasteiger partial charge on any atom is -0.377 e. The molecule has 0 amide bonds. The molecule has 1 aromatic carbocycles. The highest BCUT2D eigenvalue weighted by Gasteiger charge is 2.30. The molecule has 0 aromatic heterocycles. The second kappa shape index (κ2) is 5.17. The Bertz CT molecular complexity index is 361. The molecular formula is C13H20ClNO. The zero-order chi connectivity index (χ0) is 12.3. The van der Waals surface area contributed by atoms with Gasteiger partial charge in [-0.1, -0.05) is 30.7 Å². The van der Waals surface area contributed by atoms with Gasteiger partial charge in [-0.05, 0) is 37.5 Å². The van der Waals surface area contributed by atoms with E-state index < -0.39 is 0 Å². The smallest absolute Gasteiger partial charge is 0.0839 e. The van der Waals surface area contributed by atoms with Crippen LogP contribution in [0, 0.1) is 6.92 Å². The summed E-state index contributed by atoms with van der Waals surface area (Å²) < 4.78 is 5.51. The molecule has 0 saturated heterocycles. The summed E-state index contributed by atoms with van der Waals surface area (Å²) in [6.07, 6.45) is 0.857. The molecule has 0 saturated carbocycles. The van der Waals surface area contributed by atoms with Crippen LogP contribution < -0.4 is 5.73 Å². The third kappa shape index (κ3) is 2.57. The Balaban J connectivity index is 3.04. The highest BCUT2D eigenvalue weighted by Crippen LogP contribution is 2.31. The maximum absolute atomic E-state index is 6.23. The van der Waals surface area contributed by atoms with Crippen LogP contribution in [-0.2, 0) is 4.74 Å². The van der Waals surface area contributed by atoms with E-state index in [2.05, 4.69) is 6.92 Å². The van der Waals surface area contributed by atoms with Crippen molar-refractivity contribution in [1.82, 2.24) is 0 Å². The quantitative estimate of drug-likeness (QED) is 0.876. The van der Waals surface area contributed by atoms with Crippen molar-refractivity contribution in [2.24, 2.45) is 5.73 Å². The molecular weight excluding hydrogens is 222 g/mol. The first-order chi connectivity index (χ1) is 7.44. The van der Waals surface area contributed by atoms with Crippen LogP contribution in [-0.4, -0.2) is 12.7 Å². The van der Waals surface area contributed by atoms with Gasteiger partial charge in [-0.25, -0.2) is 0 Å². The van der Waals surface area contributed by atoms with Gasteiger partial charge >= 0.3 is 0 Å². The van der Waals surface area contributed by atoms with Gasteiger partial charge in [0.15, 0.2) is 0 Å². The molecule has 0 aliphatic carbocycles. The minimum atomic E-state index is -0.349. The van der Waals surface area contributed by atoms with Crippen LogP contribution in [0.25, 0.3) is 0 Å². The molecule has 1 aromatic rings. The summed E-state index contributed by atoms with van der Waals surface area (Å²) in [5.74, 6) is 0. The van der Waals surface area contributed by atoms with Crippen LogP contribution in [0.1, 0.15) is 37.4 Å². The van der Waals surface area contributed by atoms with Crippen molar-refractivity contribution in [3.8, 4) is 0 Å². The number of aryl methyl sites for hydroxylation is 1. The van der Waals surface area contributed by atoms with Gasteiger partial charge in [-0.3, -0.25) is 0 Å². The highest BCUT2D eigenvalue weighted by molar-refractivity contribution is 6.31. The van der Waals surface area contributed by atoms with Gasteiger partial charge in [0.1, 0.15) is 0 Å². The summed E-state index contributed by atoms with van der Waals surface area (Å²) in [6, 6.07) is 5.76. The molecule has 0 bridgehead atoms. The van der Waals surface area contributed by atoms with Gasteiger partial charge in [0.25, 0.3) is 0 Å². The van der Waals surface area contributed by atoms with Crippen molar-refractivity contribution >= 4 is 11.6 Å². The molecule has 0 spiro atoms. The number of hydrogen-bond donors (Lipinski definition) is 1. The van der Waals surface area contributed by atoms with E-state index in [1.165, 1.54) is 0 Å². The van der Waals surface area contributed by atoms with Crippen molar-refractivity contribution in [3.05, 3.63) is 34.3 Å². The number of hydrogen-bond acceptors (Lipinski definition) is 2. The maximum Gasteiger partial charge on any atom is 0.0839 e. The molecule has 2 N–H and O–H groups in total. The fraction of sp³-hybridized carbons (Fsp3) is 0.538. The van der Waals surface area contributed by atoms with E-state index in [4.69, 9.17) is 22.1 Å². The number of nitrogens with two attached hydrogens (primary N) is 1. The molecule has 90 valence electrons. The first-order valence-corrected chi connectivity index (χ1v) is 5.89. The van der Waals surface area contributed by atoms with E-state index in [1.807, 2.05) is 32.0 Å². The topological polar surface area (TPSA) is 35.2 Å². The van der Waals surface area contributed by atoms with Crippen LogP contribution in [0.2, 0.25) is 5.02 Å². The number of benzene rings is 1. The highest BCUT2D eigenvalue weighted by atomic mass is 35.5. The number of methoxy groups -OCH3 is 1. The van der Waals surface area contributed by atoms with Gasteiger partial charge in [0, 0.05) is 12.1 Å². The van der Waals surface area contributed by atoms with E-state index in [1.54, 1.807) is 7.11 Å². The van der Waals surface area contributed by atoms with Crippen molar-refractivity contribution in [1.29, 1.82) is 0 Å². The molecule has 2 nitrogen and oxygen atoms in total. The lowest BCUT2D eigenvalue weighted by Gasteiger charge is -2.33. The Morgan fingerprint density at radius 3 is 2.56 bits per heavy atom. The van der Waals surface area contributed by atoms with E-state index in [0.29, 0.717) is 0 Å². The van der Waals surface area contributed by atoms with E-state index in [-0.39, 0.29) is 11.6 Å². The third-order valence-corrected chi connectivity index (χ3v) is 3.79. The Morgan fingerprint density at radius 2 is 2.12 bits per heavy atom. The summed E-state index contributed by atoms with van der Waals surface area (Å²) in [5.41, 5.74) is 7.96. The molecule has 0 aliphatic rings. The number of ether oxygens (including phenoxy) is 1. The van der Waals surface area contributed by atoms with Gasteiger partial charge in [0.05, 0.1) is 11.6 Å². The predicted molar refractivity (Wildman–Crippen MR) is 68.8 cm³/mol. The average Bonchev–Trinajstić information content (AvgIpc) is 2.30. The van der Waals surface area contributed by atoms with Crippen molar-refractivity contribution in [2.45, 2.75) is 38.8 Å². The van der Waals surface area contributed by atoms with Gasteiger partial charge < -0.3 is 10.5 Å². The fourth-order valence-corrected chi connectivity index (χ4v) is 1.84. The molecule has 2 unspecified atom stereocenters. The van der Waals surface area contributed by atoms with Gasteiger partial charge in [0.2, 0.25) is 0 Å². The monoisotopic (exact) mass is 241 g/mol. The second-order valence-electron chi connectivity index (χ2n) is 4.36. The lowest BCUT2D eigenvalue weighted by molar-refractivity contribution is -0.0194. The molecule has 0 heterocycles. The SMILES string of the molecule is CCC(C)(OC)C(N)c1ccc(C)c(Cl)c1. The first kappa shape index (κ1) is 13.5.